The molecule has 2 rings (SSSR count). The molecule has 0 aliphatic heterocycles. The molecular formula is C18H27FN2O2. The molecular weight excluding hydrogens is 295 g/mol. The van der Waals surface area contributed by atoms with Gasteiger partial charge in [-0.2, -0.15) is 0 Å². The molecule has 0 amide bonds. The molecule has 0 bridgehead atoms. The van der Waals surface area contributed by atoms with E-state index in [-0.39, 0.29) is 28.1 Å². The van der Waals surface area contributed by atoms with E-state index in [1.54, 1.807) is 6.07 Å². The Kier molecular flexibility index (Phi) is 4.60. The SMILES string of the molecule is COC(=O)c1ccc(NC2CC(C)(C)CC(C)(C)C2)c(N)c1F. The van der Waals surface area contributed by atoms with Crippen LogP contribution in [-0.2, 0) is 4.74 Å². The van der Waals surface area contributed by atoms with E-state index in [1.807, 2.05) is 0 Å². The van der Waals surface area contributed by atoms with Crippen molar-refractivity contribution in [2.45, 2.75) is 53.0 Å². The Bertz CT molecular complexity index is 595. The number of carbonyl (C=O) groups excluding carboxylic acids is 1. The van der Waals surface area contributed by atoms with Gasteiger partial charge < -0.3 is 15.8 Å². The van der Waals surface area contributed by atoms with Gasteiger partial charge in [0.1, 0.15) is 0 Å². The minimum absolute atomic E-state index is 0.0333. The van der Waals surface area contributed by atoms with Crippen LogP contribution in [0.3, 0.4) is 0 Å². The van der Waals surface area contributed by atoms with E-state index < -0.39 is 11.8 Å². The first-order valence-electron chi connectivity index (χ1n) is 7.97. The Hall–Kier alpha value is -1.78. The number of methoxy groups -OCH3 is 1. The largest absolute Gasteiger partial charge is 0.465 e. The molecule has 0 aromatic heterocycles. The zero-order valence-electron chi connectivity index (χ0n) is 14.6. The lowest BCUT2D eigenvalue weighted by atomic mass is 9.63. The smallest absolute Gasteiger partial charge is 0.340 e. The molecule has 1 aromatic carbocycles. The average Bonchev–Trinajstić information content (AvgIpc) is 2.40. The van der Waals surface area contributed by atoms with E-state index in [4.69, 9.17) is 5.73 Å². The summed E-state index contributed by atoms with van der Waals surface area (Å²) in [4.78, 5) is 11.5. The molecule has 1 aliphatic rings. The molecule has 1 aromatic rings. The first-order valence-corrected chi connectivity index (χ1v) is 7.97. The third-order valence-corrected chi connectivity index (χ3v) is 4.50. The highest BCUT2D eigenvalue weighted by Gasteiger charge is 2.38. The number of hydrogen-bond donors (Lipinski definition) is 2. The molecule has 0 unspecified atom stereocenters. The van der Waals surface area contributed by atoms with E-state index in [0.29, 0.717) is 5.69 Å². The lowest BCUT2D eigenvalue weighted by molar-refractivity contribution is 0.0595. The number of nitrogens with one attached hydrogen (secondary N) is 1. The highest BCUT2D eigenvalue weighted by molar-refractivity contribution is 5.92. The summed E-state index contributed by atoms with van der Waals surface area (Å²) >= 11 is 0. The van der Waals surface area contributed by atoms with Crippen molar-refractivity contribution >= 4 is 17.3 Å². The van der Waals surface area contributed by atoms with Crippen molar-refractivity contribution in [3.63, 3.8) is 0 Å². The van der Waals surface area contributed by atoms with Crippen LogP contribution in [-0.4, -0.2) is 19.1 Å². The summed E-state index contributed by atoms with van der Waals surface area (Å²) < 4.78 is 18.9. The molecule has 1 saturated carbocycles. The van der Waals surface area contributed by atoms with Gasteiger partial charge in [0.05, 0.1) is 24.0 Å². The van der Waals surface area contributed by atoms with Crippen LogP contribution >= 0.6 is 0 Å². The van der Waals surface area contributed by atoms with Crippen LogP contribution in [0.4, 0.5) is 15.8 Å². The quantitative estimate of drug-likeness (QED) is 0.646. The Labute approximate surface area is 137 Å². The fourth-order valence-electron chi connectivity index (χ4n) is 4.15. The van der Waals surface area contributed by atoms with Crippen LogP contribution in [0, 0.1) is 16.6 Å². The summed E-state index contributed by atoms with van der Waals surface area (Å²) in [6.45, 7) is 9.03. The van der Waals surface area contributed by atoms with Gasteiger partial charge in [-0.25, -0.2) is 9.18 Å². The number of rotatable bonds is 3. The zero-order chi connectivity index (χ0) is 17.4. The molecule has 1 fully saturated rings. The summed E-state index contributed by atoms with van der Waals surface area (Å²) in [7, 11) is 1.22. The summed E-state index contributed by atoms with van der Waals surface area (Å²) in [5, 5.41) is 3.37. The van der Waals surface area contributed by atoms with Crippen molar-refractivity contribution in [1.29, 1.82) is 0 Å². The van der Waals surface area contributed by atoms with Crippen LogP contribution < -0.4 is 11.1 Å². The van der Waals surface area contributed by atoms with Crippen molar-refractivity contribution in [3.8, 4) is 0 Å². The lowest BCUT2D eigenvalue weighted by Crippen LogP contribution is -2.40. The van der Waals surface area contributed by atoms with Gasteiger partial charge in [-0.05, 0) is 42.2 Å². The number of benzene rings is 1. The fourth-order valence-corrected chi connectivity index (χ4v) is 4.15. The maximum absolute atomic E-state index is 14.3. The van der Waals surface area contributed by atoms with Crippen molar-refractivity contribution in [2.75, 3.05) is 18.2 Å². The van der Waals surface area contributed by atoms with Crippen LogP contribution in [0.25, 0.3) is 0 Å². The summed E-state index contributed by atoms with van der Waals surface area (Å²) in [6.07, 6.45) is 3.15. The van der Waals surface area contributed by atoms with Gasteiger partial charge in [-0.15, -0.1) is 0 Å². The van der Waals surface area contributed by atoms with Gasteiger partial charge in [-0.1, -0.05) is 27.7 Å². The van der Waals surface area contributed by atoms with Crippen molar-refractivity contribution < 1.29 is 13.9 Å². The van der Waals surface area contributed by atoms with E-state index in [9.17, 15) is 9.18 Å². The Balaban J connectivity index is 2.24. The van der Waals surface area contributed by atoms with E-state index in [2.05, 4.69) is 37.7 Å². The number of halogens is 1. The highest BCUT2D eigenvalue weighted by Crippen LogP contribution is 2.46. The Morgan fingerprint density at radius 2 is 1.83 bits per heavy atom. The van der Waals surface area contributed by atoms with Gasteiger partial charge in [0.2, 0.25) is 0 Å². The molecule has 23 heavy (non-hydrogen) atoms. The second-order valence-corrected chi connectivity index (χ2v) is 8.13. The number of ether oxygens (including phenoxy) is 1. The van der Waals surface area contributed by atoms with Crippen molar-refractivity contribution in [1.82, 2.24) is 0 Å². The van der Waals surface area contributed by atoms with E-state index >= 15 is 0 Å². The highest BCUT2D eigenvalue weighted by atomic mass is 19.1. The number of nitrogen functional groups attached to an aromatic ring is 1. The first-order chi connectivity index (χ1) is 10.5. The summed E-state index contributed by atoms with van der Waals surface area (Å²) in [5.41, 5.74) is 6.69. The van der Waals surface area contributed by atoms with Crippen molar-refractivity contribution in [3.05, 3.63) is 23.5 Å². The van der Waals surface area contributed by atoms with Crippen LogP contribution in [0.2, 0.25) is 0 Å². The molecule has 3 N–H and O–H groups in total. The fraction of sp³-hybridized carbons (Fsp3) is 0.611. The summed E-state index contributed by atoms with van der Waals surface area (Å²) in [5.74, 6) is -1.45. The van der Waals surface area contributed by atoms with Gasteiger partial charge >= 0.3 is 5.97 Å². The second-order valence-electron chi connectivity index (χ2n) is 8.13. The van der Waals surface area contributed by atoms with Gasteiger partial charge in [0, 0.05) is 6.04 Å². The van der Waals surface area contributed by atoms with E-state index in [1.165, 1.54) is 13.2 Å². The molecule has 0 spiro atoms. The minimum atomic E-state index is -0.726. The topological polar surface area (TPSA) is 64.3 Å². The monoisotopic (exact) mass is 322 g/mol. The zero-order valence-corrected chi connectivity index (χ0v) is 14.6. The van der Waals surface area contributed by atoms with Gasteiger partial charge in [0.15, 0.2) is 5.82 Å². The number of carbonyl (C=O) groups is 1. The third-order valence-electron chi connectivity index (χ3n) is 4.50. The molecule has 0 saturated heterocycles. The molecule has 0 heterocycles. The maximum Gasteiger partial charge on any atom is 0.340 e. The predicted molar refractivity (Wildman–Crippen MR) is 91.0 cm³/mol. The number of esters is 1. The van der Waals surface area contributed by atoms with Crippen LogP contribution in [0.15, 0.2) is 12.1 Å². The first kappa shape index (κ1) is 17.6. The molecule has 0 atom stereocenters. The lowest BCUT2D eigenvalue weighted by Gasteiger charge is -2.45. The minimum Gasteiger partial charge on any atom is -0.465 e. The maximum atomic E-state index is 14.3. The van der Waals surface area contributed by atoms with Gasteiger partial charge in [-0.3, -0.25) is 0 Å². The van der Waals surface area contributed by atoms with Crippen LogP contribution in [0.5, 0.6) is 0 Å². The average molecular weight is 322 g/mol. The third kappa shape index (κ3) is 3.95. The molecule has 5 heteroatoms. The molecule has 4 nitrogen and oxygen atoms in total. The van der Waals surface area contributed by atoms with Crippen LogP contribution in [0.1, 0.15) is 57.3 Å². The molecule has 0 radical (unpaired) electrons. The summed E-state index contributed by atoms with van der Waals surface area (Å²) in [6, 6.07) is 3.29. The standard InChI is InChI=1S/C18H27FN2O2/c1-17(2)8-11(9-18(3,4)10-17)21-13-7-6-12(16(22)23-5)14(19)15(13)20/h6-7,11,21H,8-10,20H2,1-5H3. The van der Waals surface area contributed by atoms with Crippen molar-refractivity contribution in [2.24, 2.45) is 10.8 Å². The second kappa shape index (κ2) is 6.02. The Morgan fingerprint density at radius 1 is 1.26 bits per heavy atom. The van der Waals surface area contributed by atoms with Gasteiger partial charge in [0.25, 0.3) is 0 Å². The number of nitrogens with two attached hydrogens (primary N) is 1. The van der Waals surface area contributed by atoms with E-state index in [0.717, 1.165) is 19.3 Å². The Morgan fingerprint density at radius 3 is 2.35 bits per heavy atom. The molecule has 1 aliphatic carbocycles. The molecule has 128 valence electrons. The number of hydrogen-bond acceptors (Lipinski definition) is 4. The number of anilines is 2. The predicted octanol–water partition coefficient (Wildman–Crippen LogP) is 4.21. The normalized spacial score (nSPS) is 20.1.